The summed E-state index contributed by atoms with van der Waals surface area (Å²) < 4.78 is 0. The molecule has 8 rings (SSSR count). The lowest BCUT2D eigenvalue weighted by atomic mass is 9.99. The van der Waals surface area contributed by atoms with Crippen LogP contribution in [0.3, 0.4) is 0 Å². The first-order valence-corrected chi connectivity index (χ1v) is 21.8. The lowest BCUT2D eigenvalue weighted by Crippen LogP contribution is -2.58. The van der Waals surface area contributed by atoms with Crippen molar-refractivity contribution in [1.82, 2.24) is 4.98 Å². The van der Waals surface area contributed by atoms with Gasteiger partial charge in [0.25, 0.3) is 0 Å². The first-order chi connectivity index (χ1) is 22.3. The fourth-order valence-corrected chi connectivity index (χ4v) is 13.6. The van der Waals surface area contributed by atoms with Crippen molar-refractivity contribution in [1.29, 1.82) is 5.26 Å². The molecule has 0 aliphatic carbocycles. The Morgan fingerprint density at radius 1 is 0.522 bits per heavy atom. The summed E-state index contributed by atoms with van der Waals surface area (Å²) in [6, 6.07) is 46.1. The van der Waals surface area contributed by atoms with Gasteiger partial charge < -0.3 is 9.80 Å². The maximum Gasteiger partial charge on any atom is 0.117 e. The van der Waals surface area contributed by atoms with Crippen LogP contribution in [0.1, 0.15) is 5.56 Å². The van der Waals surface area contributed by atoms with Gasteiger partial charge in [-0.05, 0) is 68.8 Å². The van der Waals surface area contributed by atoms with Crippen LogP contribution in [0.25, 0.3) is 11.1 Å². The number of para-hydroxylation sites is 4. The zero-order valence-electron chi connectivity index (χ0n) is 26.5. The predicted octanol–water partition coefficient (Wildman–Crippen LogP) is 7.83. The summed E-state index contributed by atoms with van der Waals surface area (Å²) in [5, 5.41) is 16.3. The number of pyridine rings is 1. The van der Waals surface area contributed by atoms with E-state index in [4.69, 9.17) is 0 Å². The molecular formula is C40H34N4Si2. The van der Waals surface area contributed by atoms with Gasteiger partial charge in [-0.1, -0.05) is 105 Å². The van der Waals surface area contributed by atoms with E-state index in [-0.39, 0.29) is 0 Å². The molecule has 0 fully saturated rings. The van der Waals surface area contributed by atoms with Gasteiger partial charge in [-0.25, -0.2) is 0 Å². The maximum absolute atomic E-state index is 10.7. The molecule has 0 unspecified atom stereocenters. The molecule has 222 valence electrons. The summed E-state index contributed by atoms with van der Waals surface area (Å²) in [4.78, 5) is 9.28. The van der Waals surface area contributed by atoms with E-state index in [1.807, 2.05) is 18.5 Å². The summed E-state index contributed by atoms with van der Waals surface area (Å²) >= 11 is 0. The molecule has 1 aromatic heterocycles. The van der Waals surface area contributed by atoms with E-state index in [0.717, 1.165) is 33.9 Å². The van der Waals surface area contributed by atoms with E-state index in [0.29, 0.717) is 5.56 Å². The van der Waals surface area contributed by atoms with Crippen molar-refractivity contribution in [2.45, 2.75) is 26.2 Å². The van der Waals surface area contributed by atoms with Crippen molar-refractivity contribution in [3.63, 3.8) is 0 Å². The number of hydrogen-bond donors (Lipinski definition) is 0. The quantitative estimate of drug-likeness (QED) is 0.188. The fraction of sp³-hybridized carbons (Fsp3) is 0.100. The summed E-state index contributed by atoms with van der Waals surface area (Å²) in [7, 11) is -3.84. The molecule has 0 N–H and O–H groups in total. The predicted molar refractivity (Wildman–Crippen MR) is 197 cm³/mol. The van der Waals surface area contributed by atoms with Gasteiger partial charge in [0, 0.05) is 40.7 Å². The standard InChI is InChI=1S/C40H34N4Si2/c1-45(2)37-17-9-5-13-33(37)43(34-14-6-10-18-38(34)45)31-22-21-28(25-29(31)26-41)30-27-42-24-23-32(30)44-35-15-7-11-19-39(35)46(3,4)40-20-12-8-16-36(40)44/h5-25,27H,1-4H3. The van der Waals surface area contributed by atoms with Crippen LogP contribution in [-0.2, 0) is 0 Å². The number of hydrogen-bond acceptors (Lipinski definition) is 4. The fourth-order valence-electron chi connectivity index (χ4n) is 7.65. The number of anilines is 6. The largest absolute Gasteiger partial charge is 0.310 e. The zero-order valence-corrected chi connectivity index (χ0v) is 28.5. The van der Waals surface area contributed by atoms with Crippen molar-refractivity contribution in [3.8, 4) is 17.2 Å². The van der Waals surface area contributed by atoms with Gasteiger partial charge in [-0.3, -0.25) is 4.98 Å². The van der Waals surface area contributed by atoms with Crippen LogP contribution in [0.5, 0.6) is 0 Å². The smallest absolute Gasteiger partial charge is 0.117 e. The van der Waals surface area contributed by atoms with E-state index >= 15 is 0 Å². The Hall–Kier alpha value is -5.23. The minimum absolute atomic E-state index is 0.631. The number of fused-ring (bicyclic) bond motifs is 4. The van der Waals surface area contributed by atoms with E-state index in [2.05, 4.69) is 162 Å². The summed E-state index contributed by atoms with van der Waals surface area (Å²) in [5.41, 5.74) is 9.30. The van der Waals surface area contributed by atoms with Gasteiger partial charge >= 0.3 is 0 Å². The minimum Gasteiger partial charge on any atom is -0.310 e. The number of nitriles is 1. The van der Waals surface area contributed by atoms with Crippen molar-refractivity contribution in [3.05, 3.63) is 139 Å². The molecule has 0 radical (unpaired) electrons. The minimum atomic E-state index is -1.93. The molecule has 46 heavy (non-hydrogen) atoms. The first-order valence-electron chi connectivity index (χ1n) is 15.8. The Labute approximate surface area is 272 Å². The number of benzene rings is 5. The third-order valence-electron chi connectivity index (χ3n) is 9.98. The second kappa shape index (κ2) is 10.4. The van der Waals surface area contributed by atoms with Crippen LogP contribution in [-0.4, -0.2) is 21.1 Å². The van der Waals surface area contributed by atoms with Gasteiger partial charge in [0.2, 0.25) is 0 Å². The maximum atomic E-state index is 10.7. The van der Waals surface area contributed by atoms with Gasteiger partial charge in [0.05, 0.1) is 16.9 Å². The highest BCUT2D eigenvalue weighted by Gasteiger charge is 2.40. The van der Waals surface area contributed by atoms with Crippen molar-refractivity contribution < 1.29 is 0 Å². The van der Waals surface area contributed by atoms with Crippen molar-refractivity contribution >= 4 is 71.0 Å². The summed E-state index contributed by atoms with van der Waals surface area (Å²) in [6.07, 6.45) is 3.81. The molecule has 2 aliphatic heterocycles. The SMILES string of the molecule is C[Si]1(C)c2ccccc2N(c2ccc(-c3cnccc3N3c4ccccc4[Si](C)(C)c4ccccc43)cc2C#N)c2ccccc21. The van der Waals surface area contributed by atoms with Gasteiger partial charge in [-0.2, -0.15) is 5.26 Å². The van der Waals surface area contributed by atoms with E-state index < -0.39 is 16.1 Å². The number of nitrogens with zero attached hydrogens (tertiary/aromatic N) is 4. The van der Waals surface area contributed by atoms with Gasteiger partial charge in [0.15, 0.2) is 0 Å². The molecule has 2 aliphatic rings. The Morgan fingerprint density at radius 3 is 1.41 bits per heavy atom. The highest BCUT2D eigenvalue weighted by atomic mass is 28.3. The molecule has 0 saturated heterocycles. The second-order valence-electron chi connectivity index (χ2n) is 13.2. The van der Waals surface area contributed by atoms with Crippen molar-refractivity contribution in [2.24, 2.45) is 0 Å². The van der Waals surface area contributed by atoms with Crippen LogP contribution in [0.15, 0.2) is 134 Å². The van der Waals surface area contributed by atoms with Crippen molar-refractivity contribution in [2.75, 3.05) is 9.80 Å². The Kier molecular flexibility index (Phi) is 6.40. The number of rotatable bonds is 3. The molecule has 0 amide bonds. The molecule has 5 aromatic carbocycles. The summed E-state index contributed by atoms with van der Waals surface area (Å²) in [6.45, 7) is 9.71. The molecule has 0 saturated carbocycles. The van der Waals surface area contributed by atoms with Crippen LogP contribution >= 0.6 is 0 Å². The lowest BCUT2D eigenvalue weighted by Gasteiger charge is -2.41. The first kappa shape index (κ1) is 28.3. The highest BCUT2D eigenvalue weighted by molar-refractivity contribution is 7.03. The van der Waals surface area contributed by atoms with Gasteiger partial charge in [0.1, 0.15) is 22.2 Å². The van der Waals surface area contributed by atoms with Gasteiger partial charge in [-0.15, -0.1) is 0 Å². The molecular weight excluding hydrogens is 593 g/mol. The van der Waals surface area contributed by atoms with Crippen LogP contribution < -0.4 is 30.5 Å². The average molecular weight is 627 g/mol. The average Bonchev–Trinajstić information content (AvgIpc) is 3.09. The Balaban J connectivity index is 1.31. The molecule has 6 heteroatoms. The normalized spacial score (nSPS) is 15.2. The number of aromatic nitrogens is 1. The second-order valence-corrected chi connectivity index (χ2v) is 21.9. The van der Waals surface area contributed by atoms with Crippen LogP contribution in [0.2, 0.25) is 26.2 Å². The Morgan fingerprint density at radius 2 is 0.957 bits per heavy atom. The Bertz CT molecular complexity index is 2120. The third-order valence-corrected chi connectivity index (χ3v) is 17.1. The third kappa shape index (κ3) is 4.06. The molecule has 6 aromatic rings. The molecule has 0 spiro atoms. The van der Waals surface area contributed by atoms with Crippen LogP contribution in [0, 0.1) is 11.3 Å². The molecule has 3 heterocycles. The summed E-state index contributed by atoms with van der Waals surface area (Å²) in [5.74, 6) is 0. The molecule has 4 nitrogen and oxygen atoms in total. The van der Waals surface area contributed by atoms with E-state index in [9.17, 15) is 5.26 Å². The van der Waals surface area contributed by atoms with E-state index in [1.54, 1.807) is 0 Å². The van der Waals surface area contributed by atoms with Crippen LogP contribution in [0.4, 0.5) is 34.1 Å². The highest BCUT2D eigenvalue weighted by Crippen LogP contribution is 2.44. The molecule has 0 atom stereocenters. The van der Waals surface area contributed by atoms with E-state index in [1.165, 1.54) is 32.1 Å². The monoisotopic (exact) mass is 626 g/mol. The lowest BCUT2D eigenvalue weighted by molar-refractivity contribution is 1.24. The molecule has 0 bridgehead atoms. The topological polar surface area (TPSA) is 43.2 Å². The zero-order chi connectivity index (χ0) is 31.6.